The van der Waals surface area contributed by atoms with Crippen LogP contribution >= 0.6 is 0 Å². The van der Waals surface area contributed by atoms with Gasteiger partial charge in [0.1, 0.15) is 0 Å². The predicted octanol–water partition coefficient (Wildman–Crippen LogP) is 2.06. The Morgan fingerprint density at radius 3 is 2.53 bits per heavy atom. The Hall–Kier alpha value is -1.06. The van der Waals surface area contributed by atoms with Crippen LogP contribution in [0.4, 0.5) is 5.69 Å². The molecule has 1 aromatic carbocycles. The van der Waals surface area contributed by atoms with E-state index in [-0.39, 0.29) is 6.04 Å². The van der Waals surface area contributed by atoms with E-state index in [2.05, 4.69) is 29.2 Å². The average molecular weight is 234 g/mol. The Kier molecular flexibility index (Phi) is 3.40. The highest BCUT2D eigenvalue weighted by Gasteiger charge is 2.28. The van der Waals surface area contributed by atoms with Crippen molar-refractivity contribution in [2.45, 2.75) is 38.3 Å². The van der Waals surface area contributed by atoms with E-state index in [4.69, 9.17) is 5.73 Å². The van der Waals surface area contributed by atoms with Crippen molar-refractivity contribution >= 4 is 5.69 Å². The first-order valence-corrected chi connectivity index (χ1v) is 6.31. The number of hydrogen-bond donors (Lipinski definition) is 2. The standard InChI is InChI=1S/C14H22N2O/c1-11(15)12-4-6-13(7-5-12)16-9-3-8-14(2,17)10-16/h4-7,11,17H,3,8-10,15H2,1-2H3/t11-,14?/m1/s1. The highest BCUT2D eigenvalue weighted by atomic mass is 16.3. The third kappa shape index (κ3) is 2.99. The molecule has 0 saturated carbocycles. The van der Waals surface area contributed by atoms with Crippen molar-refractivity contribution in [1.82, 2.24) is 0 Å². The summed E-state index contributed by atoms with van der Waals surface area (Å²) in [5.74, 6) is 0. The maximum Gasteiger partial charge on any atom is 0.0794 e. The molecule has 0 bridgehead atoms. The highest BCUT2D eigenvalue weighted by molar-refractivity contribution is 5.48. The number of benzene rings is 1. The molecule has 2 atom stereocenters. The van der Waals surface area contributed by atoms with Crippen LogP contribution in [-0.4, -0.2) is 23.8 Å². The van der Waals surface area contributed by atoms with Crippen LogP contribution in [0.15, 0.2) is 24.3 Å². The smallest absolute Gasteiger partial charge is 0.0794 e. The highest BCUT2D eigenvalue weighted by Crippen LogP contribution is 2.26. The van der Waals surface area contributed by atoms with Gasteiger partial charge in [0.25, 0.3) is 0 Å². The lowest BCUT2D eigenvalue weighted by atomic mass is 9.94. The molecule has 0 radical (unpaired) electrons. The van der Waals surface area contributed by atoms with E-state index in [1.807, 2.05) is 13.8 Å². The summed E-state index contributed by atoms with van der Waals surface area (Å²) in [6, 6.07) is 8.42. The van der Waals surface area contributed by atoms with E-state index < -0.39 is 5.60 Å². The maximum atomic E-state index is 10.1. The van der Waals surface area contributed by atoms with Gasteiger partial charge in [-0.2, -0.15) is 0 Å². The lowest BCUT2D eigenvalue weighted by Crippen LogP contribution is -2.46. The molecule has 0 aromatic heterocycles. The summed E-state index contributed by atoms with van der Waals surface area (Å²) < 4.78 is 0. The number of hydrogen-bond acceptors (Lipinski definition) is 3. The molecule has 3 N–H and O–H groups in total. The summed E-state index contributed by atoms with van der Waals surface area (Å²) in [6.45, 7) is 5.63. The molecule has 3 nitrogen and oxygen atoms in total. The lowest BCUT2D eigenvalue weighted by molar-refractivity contribution is 0.0449. The van der Waals surface area contributed by atoms with Crippen LogP contribution in [-0.2, 0) is 0 Å². The van der Waals surface area contributed by atoms with Crippen LogP contribution in [0.25, 0.3) is 0 Å². The van der Waals surface area contributed by atoms with Crippen LogP contribution in [0, 0.1) is 0 Å². The van der Waals surface area contributed by atoms with Crippen molar-refractivity contribution in [2.75, 3.05) is 18.0 Å². The molecule has 1 saturated heterocycles. The minimum atomic E-state index is -0.557. The minimum Gasteiger partial charge on any atom is -0.388 e. The fourth-order valence-electron chi connectivity index (χ4n) is 2.43. The van der Waals surface area contributed by atoms with Gasteiger partial charge in [-0.15, -0.1) is 0 Å². The van der Waals surface area contributed by atoms with Crippen molar-refractivity contribution in [3.8, 4) is 0 Å². The summed E-state index contributed by atoms with van der Waals surface area (Å²) >= 11 is 0. The number of β-amino-alcohol motifs (C(OH)–C–C–N with tert-alkyl or cyclic N) is 1. The number of nitrogens with two attached hydrogens (primary N) is 1. The second-order valence-electron chi connectivity index (χ2n) is 5.40. The minimum absolute atomic E-state index is 0.0773. The van der Waals surface area contributed by atoms with Gasteiger partial charge in [0.2, 0.25) is 0 Å². The topological polar surface area (TPSA) is 49.5 Å². The van der Waals surface area contributed by atoms with Crippen LogP contribution < -0.4 is 10.6 Å². The molecular weight excluding hydrogens is 212 g/mol. The molecule has 1 unspecified atom stereocenters. The molecule has 0 spiro atoms. The zero-order valence-electron chi connectivity index (χ0n) is 10.7. The van der Waals surface area contributed by atoms with Crippen molar-refractivity contribution < 1.29 is 5.11 Å². The van der Waals surface area contributed by atoms with Gasteiger partial charge < -0.3 is 15.7 Å². The van der Waals surface area contributed by atoms with Crippen LogP contribution in [0.1, 0.15) is 38.3 Å². The van der Waals surface area contributed by atoms with E-state index in [0.29, 0.717) is 6.54 Å². The molecule has 1 aliphatic rings. The summed E-state index contributed by atoms with van der Waals surface area (Å²) in [5, 5.41) is 10.1. The number of nitrogens with zero attached hydrogens (tertiary/aromatic N) is 1. The molecule has 1 heterocycles. The number of anilines is 1. The van der Waals surface area contributed by atoms with Gasteiger partial charge in [0.05, 0.1) is 5.60 Å². The van der Waals surface area contributed by atoms with E-state index in [1.54, 1.807) is 0 Å². The summed E-state index contributed by atoms with van der Waals surface area (Å²) in [5.41, 5.74) is 7.60. The molecule has 0 amide bonds. The molecule has 0 aliphatic carbocycles. The van der Waals surface area contributed by atoms with Crippen LogP contribution in [0.2, 0.25) is 0 Å². The van der Waals surface area contributed by atoms with E-state index in [9.17, 15) is 5.11 Å². The Bertz CT molecular complexity index is 370. The zero-order chi connectivity index (χ0) is 12.5. The Labute approximate surface area is 103 Å². The van der Waals surface area contributed by atoms with Gasteiger partial charge in [-0.1, -0.05) is 12.1 Å². The van der Waals surface area contributed by atoms with E-state index in [1.165, 1.54) is 5.69 Å². The van der Waals surface area contributed by atoms with Crippen molar-refractivity contribution in [3.63, 3.8) is 0 Å². The predicted molar refractivity (Wildman–Crippen MR) is 71.1 cm³/mol. The van der Waals surface area contributed by atoms with Crippen molar-refractivity contribution in [3.05, 3.63) is 29.8 Å². The normalized spacial score (nSPS) is 26.9. The first-order chi connectivity index (χ1) is 7.98. The largest absolute Gasteiger partial charge is 0.388 e. The Morgan fingerprint density at radius 1 is 1.35 bits per heavy atom. The SMILES string of the molecule is C[C@@H](N)c1ccc(N2CCCC(C)(O)C2)cc1. The fraction of sp³-hybridized carbons (Fsp3) is 0.571. The van der Waals surface area contributed by atoms with Gasteiger partial charge in [-0.05, 0) is 44.4 Å². The van der Waals surface area contributed by atoms with Crippen molar-refractivity contribution in [2.24, 2.45) is 5.73 Å². The zero-order valence-corrected chi connectivity index (χ0v) is 10.7. The van der Waals surface area contributed by atoms with Crippen molar-refractivity contribution in [1.29, 1.82) is 0 Å². The van der Waals surface area contributed by atoms with Gasteiger partial charge in [-0.3, -0.25) is 0 Å². The third-order valence-corrected chi connectivity index (χ3v) is 3.46. The second kappa shape index (κ2) is 4.67. The fourth-order valence-corrected chi connectivity index (χ4v) is 2.43. The van der Waals surface area contributed by atoms with Gasteiger partial charge in [-0.25, -0.2) is 0 Å². The Morgan fingerprint density at radius 2 is 2.00 bits per heavy atom. The summed E-state index contributed by atoms with van der Waals surface area (Å²) in [4.78, 5) is 2.24. The van der Waals surface area contributed by atoms with E-state index in [0.717, 1.165) is 24.9 Å². The monoisotopic (exact) mass is 234 g/mol. The number of aliphatic hydroxyl groups is 1. The maximum absolute atomic E-state index is 10.1. The van der Waals surface area contributed by atoms with Gasteiger partial charge in [0.15, 0.2) is 0 Å². The molecule has 94 valence electrons. The summed E-state index contributed by atoms with van der Waals surface area (Å²) in [7, 11) is 0. The number of rotatable bonds is 2. The first kappa shape index (κ1) is 12.4. The average Bonchev–Trinajstić information content (AvgIpc) is 2.28. The lowest BCUT2D eigenvalue weighted by Gasteiger charge is -2.38. The first-order valence-electron chi connectivity index (χ1n) is 6.31. The molecule has 3 heteroatoms. The third-order valence-electron chi connectivity index (χ3n) is 3.46. The molecule has 17 heavy (non-hydrogen) atoms. The van der Waals surface area contributed by atoms with Crippen LogP contribution in [0.5, 0.6) is 0 Å². The molecule has 1 aliphatic heterocycles. The van der Waals surface area contributed by atoms with Gasteiger partial charge >= 0.3 is 0 Å². The van der Waals surface area contributed by atoms with Gasteiger partial charge in [0, 0.05) is 24.8 Å². The molecule has 2 rings (SSSR count). The Balaban J connectivity index is 2.12. The number of piperidine rings is 1. The molecule has 1 aromatic rings. The van der Waals surface area contributed by atoms with Crippen LogP contribution in [0.3, 0.4) is 0 Å². The van der Waals surface area contributed by atoms with E-state index >= 15 is 0 Å². The second-order valence-corrected chi connectivity index (χ2v) is 5.40. The summed E-state index contributed by atoms with van der Waals surface area (Å²) in [6.07, 6.45) is 1.93. The molecule has 1 fully saturated rings. The quantitative estimate of drug-likeness (QED) is 0.823. The molecular formula is C14H22N2O.